The molecule has 1 aliphatic carbocycles. The van der Waals surface area contributed by atoms with E-state index in [0.29, 0.717) is 47.3 Å². The molecule has 9 nitrogen and oxygen atoms in total. The Hall–Kier alpha value is -3.63. The van der Waals surface area contributed by atoms with Gasteiger partial charge >= 0.3 is 0 Å². The molecule has 0 saturated heterocycles. The zero-order valence-corrected chi connectivity index (χ0v) is 18.7. The van der Waals surface area contributed by atoms with Crippen LogP contribution >= 0.6 is 0 Å². The summed E-state index contributed by atoms with van der Waals surface area (Å²) in [6.45, 7) is 4.13. The average Bonchev–Trinajstić information content (AvgIpc) is 3.20. The number of halogens is 1. The number of ether oxygens (including phenoxy) is 1. The van der Waals surface area contributed by atoms with Gasteiger partial charge in [0.25, 0.3) is 5.91 Å². The molecule has 1 aromatic carbocycles. The van der Waals surface area contributed by atoms with Crippen LogP contribution in [0.5, 0.6) is 0 Å². The Labute approximate surface area is 194 Å². The van der Waals surface area contributed by atoms with E-state index in [-0.39, 0.29) is 18.4 Å². The third-order valence-corrected chi connectivity index (χ3v) is 5.65. The van der Waals surface area contributed by atoms with Gasteiger partial charge in [-0.05, 0) is 49.6 Å². The van der Waals surface area contributed by atoms with Gasteiger partial charge in [0, 0.05) is 17.4 Å². The number of alkyl halides is 1. The predicted octanol–water partition coefficient (Wildman–Crippen LogP) is 3.67. The number of nitrogens with one attached hydrogen (secondary N) is 1. The Bertz CT molecular complexity index is 1350. The van der Waals surface area contributed by atoms with E-state index >= 15 is 0 Å². The van der Waals surface area contributed by atoms with Gasteiger partial charge in [-0.3, -0.25) is 9.20 Å². The number of fused-ring (bicyclic) bond motifs is 1. The molecular formula is C24H24FN5O4. The first kappa shape index (κ1) is 22.2. The number of imidazole rings is 1. The Kier molecular flexibility index (Phi) is 5.84. The highest BCUT2D eigenvalue weighted by molar-refractivity contribution is 6.04. The number of aromatic nitrogens is 4. The molecule has 1 amide bonds. The molecule has 1 aliphatic rings. The molecule has 10 heteroatoms. The lowest BCUT2D eigenvalue weighted by molar-refractivity contribution is 0.0376. The number of benzene rings is 1. The van der Waals surface area contributed by atoms with Gasteiger partial charge < -0.3 is 19.7 Å². The van der Waals surface area contributed by atoms with Gasteiger partial charge in [-0.15, -0.1) is 0 Å². The summed E-state index contributed by atoms with van der Waals surface area (Å²) in [5, 5.41) is 16.2. The Balaban J connectivity index is 1.33. The van der Waals surface area contributed by atoms with Crippen LogP contribution < -0.4 is 5.32 Å². The van der Waals surface area contributed by atoms with Crippen LogP contribution in [-0.4, -0.2) is 49.4 Å². The first-order valence-corrected chi connectivity index (χ1v) is 11.0. The number of rotatable bonds is 8. The molecule has 4 aromatic rings. The topological polar surface area (TPSA) is 115 Å². The minimum absolute atomic E-state index is 0.244. The maximum atomic E-state index is 13.3. The molecule has 34 heavy (non-hydrogen) atoms. The van der Waals surface area contributed by atoms with Crippen LogP contribution in [0.3, 0.4) is 0 Å². The molecule has 1 fully saturated rings. The number of hydrogen-bond acceptors (Lipinski definition) is 7. The summed E-state index contributed by atoms with van der Waals surface area (Å²) in [4.78, 5) is 21.7. The van der Waals surface area contributed by atoms with Crippen molar-refractivity contribution in [3.05, 3.63) is 65.4 Å². The van der Waals surface area contributed by atoms with Crippen molar-refractivity contribution < 1.29 is 23.6 Å². The van der Waals surface area contributed by atoms with Gasteiger partial charge in [-0.2, -0.15) is 4.98 Å². The molecule has 3 atom stereocenters. The van der Waals surface area contributed by atoms with Crippen molar-refractivity contribution in [2.24, 2.45) is 0 Å². The number of carbonyl (C=O) groups is 1. The van der Waals surface area contributed by atoms with E-state index < -0.39 is 12.3 Å². The summed E-state index contributed by atoms with van der Waals surface area (Å²) in [7, 11) is 0. The lowest BCUT2D eigenvalue weighted by atomic mass is 10.1. The van der Waals surface area contributed by atoms with Crippen LogP contribution in [0.1, 0.15) is 46.8 Å². The number of aliphatic hydroxyl groups is 1. The third-order valence-electron chi connectivity index (χ3n) is 5.65. The Morgan fingerprint density at radius 1 is 1.38 bits per heavy atom. The van der Waals surface area contributed by atoms with E-state index in [0.717, 1.165) is 11.1 Å². The van der Waals surface area contributed by atoms with E-state index in [9.17, 15) is 14.3 Å². The van der Waals surface area contributed by atoms with Crippen LogP contribution in [0.4, 0.5) is 10.1 Å². The van der Waals surface area contributed by atoms with Crippen molar-refractivity contribution in [1.82, 2.24) is 19.5 Å². The fourth-order valence-corrected chi connectivity index (χ4v) is 3.63. The van der Waals surface area contributed by atoms with Crippen molar-refractivity contribution in [3.63, 3.8) is 0 Å². The quantitative estimate of drug-likeness (QED) is 0.408. The van der Waals surface area contributed by atoms with E-state index in [4.69, 9.17) is 9.26 Å². The summed E-state index contributed by atoms with van der Waals surface area (Å²) >= 11 is 0. The minimum Gasteiger partial charge on any atom is -0.391 e. The zero-order valence-electron chi connectivity index (χ0n) is 18.7. The van der Waals surface area contributed by atoms with Gasteiger partial charge in [-0.25, -0.2) is 9.37 Å². The summed E-state index contributed by atoms with van der Waals surface area (Å²) in [5.74, 6) is 0.0176. The average molecular weight is 465 g/mol. The highest BCUT2D eigenvalue weighted by Gasteiger charge is 2.43. The number of hydrogen-bond donors (Lipinski definition) is 2. The van der Waals surface area contributed by atoms with Crippen LogP contribution in [0.15, 0.2) is 47.2 Å². The molecule has 0 radical (unpaired) electrons. The SMILES string of the molecule is Cc1ccc(-c2noc([C@H]3C[C@@H]3F)n2)cc1NC(=O)c1cnc2cc(COC[C@H](C)O)ccn12. The second kappa shape index (κ2) is 8.96. The Morgan fingerprint density at radius 2 is 2.21 bits per heavy atom. The van der Waals surface area contributed by atoms with Gasteiger partial charge in [0.05, 0.1) is 31.4 Å². The lowest BCUT2D eigenvalue weighted by Gasteiger charge is -2.10. The van der Waals surface area contributed by atoms with E-state index in [1.165, 1.54) is 6.20 Å². The van der Waals surface area contributed by atoms with Crippen molar-refractivity contribution in [1.29, 1.82) is 0 Å². The second-order valence-corrected chi connectivity index (χ2v) is 8.57. The van der Waals surface area contributed by atoms with Crippen molar-refractivity contribution in [3.8, 4) is 11.4 Å². The van der Waals surface area contributed by atoms with Gasteiger partial charge in [0.1, 0.15) is 17.5 Å². The Morgan fingerprint density at radius 3 is 2.97 bits per heavy atom. The standard InChI is InChI=1S/C24H24FN5O4/c1-13-3-4-16(22-28-24(34-29-22)17-9-18(17)25)8-19(13)27-23(32)20-10-26-21-7-15(5-6-30(20)21)12-33-11-14(2)31/h3-8,10,14,17-18,31H,9,11-12H2,1-2H3,(H,27,32)/t14-,17-,18-/m0/s1. The fourth-order valence-electron chi connectivity index (χ4n) is 3.63. The summed E-state index contributed by atoms with van der Waals surface area (Å²) < 4.78 is 25.6. The molecule has 2 N–H and O–H groups in total. The number of anilines is 1. The van der Waals surface area contributed by atoms with Crippen molar-refractivity contribution in [2.45, 2.75) is 45.1 Å². The summed E-state index contributed by atoms with van der Waals surface area (Å²) in [6, 6.07) is 9.12. The highest BCUT2D eigenvalue weighted by atomic mass is 19.1. The second-order valence-electron chi connectivity index (χ2n) is 8.57. The van der Waals surface area contributed by atoms with Crippen LogP contribution in [0.2, 0.25) is 0 Å². The smallest absolute Gasteiger partial charge is 0.274 e. The monoisotopic (exact) mass is 465 g/mol. The maximum absolute atomic E-state index is 13.3. The molecular weight excluding hydrogens is 441 g/mol. The highest BCUT2D eigenvalue weighted by Crippen LogP contribution is 2.43. The van der Waals surface area contributed by atoms with Crippen LogP contribution in [-0.2, 0) is 11.3 Å². The maximum Gasteiger partial charge on any atom is 0.274 e. The van der Waals surface area contributed by atoms with Crippen molar-refractivity contribution >= 4 is 17.2 Å². The van der Waals surface area contributed by atoms with Gasteiger partial charge in [0.2, 0.25) is 11.7 Å². The molecule has 0 bridgehead atoms. The van der Waals surface area contributed by atoms with Crippen LogP contribution in [0.25, 0.3) is 17.0 Å². The number of amides is 1. The minimum atomic E-state index is -0.917. The largest absolute Gasteiger partial charge is 0.391 e. The van der Waals surface area contributed by atoms with E-state index in [1.54, 1.807) is 23.6 Å². The molecule has 0 unspecified atom stereocenters. The fraction of sp³-hybridized carbons (Fsp3) is 0.333. The first-order chi connectivity index (χ1) is 16.4. The summed E-state index contributed by atoms with van der Waals surface area (Å²) in [5.41, 5.74) is 3.99. The molecule has 1 saturated carbocycles. The molecule has 3 aromatic heterocycles. The number of aliphatic hydroxyl groups excluding tert-OH is 1. The number of carbonyl (C=O) groups excluding carboxylic acids is 1. The first-order valence-electron chi connectivity index (χ1n) is 11.0. The number of nitrogens with zero attached hydrogens (tertiary/aromatic N) is 4. The number of aryl methyl sites for hydroxylation is 1. The third kappa shape index (κ3) is 4.55. The van der Waals surface area contributed by atoms with Crippen LogP contribution in [0, 0.1) is 6.92 Å². The predicted molar refractivity (Wildman–Crippen MR) is 121 cm³/mol. The molecule has 3 heterocycles. The summed E-state index contributed by atoms with van der Waals surface area (Å²) in [6.07, 6.45) is 2.23. The number of pyridine rings is 1. The van der Waals surface area contributed by atoms with E-state index in [2.05, 4.69) is 20.4 Å². The zero-order chi connectivity index (χ0) is 23.8. The molecule has 0 spiro atoms. The molecule has 0 aliphatic heterocycles. The van der Waals surface area contributed by atoms with Gasteiger partial charge in [0.15, 0.2) is 0 Å². The van der Waals surface area contributed by atoms with E-state index in [1.807, 2.05) is 31.2 Å². The van der Waals surface area contributed by atoms with Crippen molar-refractivity contribution in [2.75, 3.05) is 11.9 Å². The van der Waals surface area contributed by atoms with Gasteiger partial charge in [-0.1, -0.05) is 17.3 Å². The molecule has 5 rings (SSSR count). The lowest BCUT2D eigenvalue weighted by Crippen LogP contribution is -2.15. The normalized spacial score (nSPS) is 18.2. The molecule has 176 valence electrons.